The summed E-state index contributed by atoms with van der Waals surface area (Å²) in [5.41, 5.74) is 5.21. The molecule has 0 atom stereocenters. The van der Waals surface area contributed by atoms with Gasteiger partial charge in [0.25, 0.3) is 0 Å². The number of carbonyl (C=O) groups excluding carboxylic acids is 2. The van der Waals surface area contributed by atoms with Crippen molar-refractivity contribution in [1.29, 1.82) is 0 Å². The van der Waals surface area contributed by atoms with Gasteiger partial charge in [0.1, 0.15) is 0 Å². The second-order valence-corrected chi connectivity index (χ2v) is 6.68. The third-order valence-electron chi connectivity index (χ3n) is 4.96. The van der Waals surface area contributed by atoms with Crippen LogP contribution in [-0.4, -0.2) is 36.3 Å². The third kappa shape index (κ3) is 4.57. The van der Waals surface area contributed by atoms with Gasteiger partial charge in [-0.05, 0) is 62.3 Å². The van der Waals surface area contributed by atoms with Crippen LogP contribution in [0, 0.1) is 26.7 Å². The molecule has 1 heterocycles. The second-order valence-electron chi connectivity index (χ2n) is 6.68. The van der Waals surface area contributed by atoms with E-state index in [1.54, 1.807) is 6.92 Å². The lowest BCUT2D eigenvalue weighted by Gasteiger charge is -2.30. The molecule has 0 spiro atoms. The van der Waals surface area contributed by atoms with E-state index in [4.69, 9.17) is 0 Å². The summed E-state index contributed by atoms with van der Waals surface area (Å²) in [6.45, 7) is 10.0. The van der Waals surface area contributed by atoms with Crippen LogP contribution >= 0.6 is 0 Å². The zero-order valence-corrected chi connectivity index (χ0v) is 14.7. The van der Waals surface area contributed by atoms with Crippen molar-refractivity contribution in [2.24, 2.45) is 5.92 Å². The molecule has 1 aliphatic rings. The maximum absolute atomic E-state index is 12.3. The van der Waals surface area contributed by atoms with E-state index in [0.717, 1.165) is 19.3 Å². The van der Waals surface area contributed by atoms with Gasteiger partial charge in [-0.25, -0.2) is 0 Å². The number of hydrogen-bond acceptors (Lipinski definition) is 2. The van der Waals surface area contributed by atoms with Gasteiger partial charge < -0.3 is 10.2 Å². The number of likely N-dealkylation sites (tertiary alicyclic amines) is 1. The van der Waals surface area contributed by atoms with E-state index in [0.29, 0.717) is 19.6 Å². The molecule has 23 heavy (non-hydrogen) atoms. The summed E-state index contributed by atoms with van der Waals surface area (Å²) < 4.78 is 0. The average molecular weight is 316 g/mol. The fourth-order valence-electron chi connectivity index (χ4n) is 3.21. The van der Waals surface area contributed by atoms with E-state index in [2.05, 4.69) is 38.2 Å². The number of aryl methyl sites for hydroxylation is 3. The Morgan fingerprint density at radius 1 is 1.09 bits per heavy atom. The van der Waals surface area contributed by atoms with Gasteiger partial charge in [0.05, 0.1) is 0 Å². The van der Waals surface area contributed by atoms with E-state index in [1.165, 1.54) is 22.3 Å². The molecule has 2 rings (SSSR count). The highest BCUT2D eigenvalue weighted by Gasteiger charge is 2.25. The highest BCUT2D eigenvalue weighted by molar-refractivity contribution is 5.79. The standard InChI is InChI=1S/C19H28N2O2/c1-13-11-15(3)18(12-14(13)2)5-8-20-19(23)17-6-9-21(10-7-17)16(4)22/h11-12,17H,5-10H2,1-4H3,(H,20,23). The number of hydrogen-bond donors (Lipinski definition) is 1. The van der Waals surface area contributed by atoms with Crippen LogP contribution in [0.3, 0.4) is 0 Å². The smallest absolute Gasteiger partial charge is 0.223 e. The minimum absolute atomic E-state index is 0.0476. The first kappa shape index (κ1) is 17.5. The zero-order valence-electron chi connectivity index (χ0n) is 14.7. The molecule has 126 valence electrons. The summed E-state index contributed by atoms with van der Waals surface area (Å²) in [5.74, 6) is 0.287. The lowest BCUT2D eigenvalue weighted by Crippen LogP contribution is -2.42. The minimum Gasteiger partial charge on any atom is -0.356 e. The van der Waals surface area contributed by atoms with Crippen molar-refractivity contribution in [2.45, 2.75) is 47.0 Å². The molecule has 0 radical (unpaired) electrons. The van der Waals surface area contributed by atoms with Gasteiger partial charge in [0.15, 0.2) is 0 Å². The summed E-state index contributed by atoms with van der Waals surface area (Å²) in [5, 5.41) is 3.06. The Kier molecular flexibility index (Phi) is 5.80. The summed E-state index contributed by atoms with van der Waals surface area (Å²) in [4.78, 5) is 25.4. The molecule has 1 saturated heterocycles. The van der Waals surface area contributed by atoms with E-state index < -0.39 is 0 Å². The minimum atomic E-state index is 0.0476. The number of nitrogens with one attached hydrogen (secondary N) is 1. The monoisotopic (exact) mass is 316 g/mol. The SMILES string of the molecule is CC(=O)N1CCC(C(=O)NCCc2cc(C)c(C)cc2C)CC1. The highest BCUT2D eigenvalue weighted by atomic mass is 16.2. The van der Waals surface area contributed by atoms with Crippen LogP contribution in [0.15, 0.2) is 12.1 Å². The molecule has 1 aliphatic heterocycles. The fourth-order valence-corrected chi connectivity index (χ4v) is 3.21. The van der Waals surface area contributed by atoms with Crippen molar-refractivity contribution in [3.8, 4) is 0 Å². The van der Waals surface area contributed by atoms with Gasteiger partial charge in [-0.1, -0.05) is 12.1 Å². The van der Waals surface area contributed by atoms with E-state index >= 15 is 0 Å². The molecule has 1 N–H and O–H groups in total. The number of rotatable bonds is 4. The Morgan fingerprint density at radius 2 is 1.70 bits per heavy atom. The first-order valence-electron chi connectivity index (χ1n) is 8.48. The largest absolute Gasteiger partial charge is 0.356 e. The molecule has 0 aliphatic carbocycles. The fraction of sp³-hybridized carbons (Fsp3) is 0.579. The van der Waals surface area contributed by atoms with Crippen LogP contribution in [0.1, 0.15) is 42.0 Å². The number of nitrogens with zero attached hydrogens (tertiary/aromatic N) is 1. The zero-order chi connectivity index (χ0) is 17.0. The summed E-state index contributed by atoms with van der Waals surface area (Å²) in [6.07, 6.45) is 2.41. The van der Waals surface area contributed by atoms with E-state index in [9.17, 15) is 9.59 Å². The molecule has 2 amide bonds. The van der Waals surface area contributed by atoms with Crippen LogP contribution in [0.5, 0.6) is 0 Å². The predicted octanol–water partition coefficient (Wildman–Crippen LogP) is 2.53. The van der Waals surface area contributed by atoms with Crippen LogP contribution < -0.4 is 5.32 Å². The van der Waals surface area contributed by atoms with Crippen molar-refractivity contribution in [1.82, 2.24) is 10.2 Å². The topological polar surface area (TPSA) is 49.4 Å². The molecule has 1 fully saturated rings. The number of amides is 2. The van der Waals surface area contributed by atoms with Gasteiger partial charge in [0, 0.05) is 32.5 Å². The van der Waals surface area contributed by atoms with Crippen LogP contribution in [0.25, 0.3) is 0 Å². The highest BCUT2D eigenvalue weighted by Crippen LogP contribution is 2.18. The predicted molar refractivity (Wildman–Crippen MR) is 92.3 cm³/mol. The van der Waals surface area contributed by atoms with Crippen LogP contribution in [0.4, 0.5) is 0 Å². The summed E-state index contributed by atoms with van der Waals surface area (Å²) in [6, 6.07) is 4.44. The maximum atomic E-state index is 12.3. The molecule has 0 aromatic heterocycles. The van der Waals surface area contributed by atoms with Crippen LogP contribution in [0.2, 0.25) is 0 Å². The Hall–Kier alpha value is -1.84. The lowest BCUT2D eigenvalue weighted by atomic mass is 9.95. The molecule has 0 saturated carbocycles. The first-order chi connectivity index (χ1) is 10.9. The van der Waals surface area contributed by atoms with Crippen molar-refractivity contribution >= 4 is 11.8 Å². The summed E-state index contributed by atoms with van der Waals surface area (Å²) in [7, 11) is 0. The molecule has 4 heteroatoms. The van der Waals surface area contributed by atoms with Crippen molar-refractivity contribution in [3.63, 3.8) is 0 Å². The van der Waals surface area contributed by atoms with Crippen LogP contribution in [-0.2, 0) is 16.0 Å². The number of benzene rings is 1. The Bertz CT molecular complexity index is 587. The third-order valence-corrected chi connectivity index (χ3v) is 4.96. The first-order valence-corrected chi connectivity index (χ1v) is 8.48. The quantitative estimate of drug-likeness (QED) is 0.928. The Balaban J connectivity index is 1.79. The molecule has 0 bridgehead atoms. The van der Waals surface area contributed by atoms with Gasteiger partial charge in [-0.15, -0.1) is 0 Å². The molecule has 4 nitrogen and oxygen atoms in total. The molecule has 1 aromatic rings. The van der Waals surface area contributed by atoms with Crippen molar-refractivity contribution in [2.75, 3.05) is 19.6 Å². The number of carbonyl (C=O) groups is 2. The summed E-state index contributed by atoms with van der Waals surface area (Å²) >= 11 is 0. The van der Waals surface area contributed by atoms with Gasteiger partial charge in [-0.2, -0.15) is 0 Å². The van der Waals surface area contributed by atoms with Crippen molar-refractivity contribution in [3.05, 3.63) is 34.4 Å². The second kappa shape index (κ2) is 7.62. The molecular formula is C19H28N2O2. The Labute approximate surface area is 139 Å². The molecule has 1 aromatic carbocycles. The van der Waals surface area contributed by atoms with E-state index in [1.807, 2.05) is 4.90 Å². The Morgan fingerprint density at radius 3 is 2.30 bits per heavy atom. The number of piperidine rings is 1. The van der Waals surface area contributed by atoms with Crippen molar-refractivity contribution < 1.29 is 9.59 Å². The molecular weight excluding hydrogens is 288 g/mol. The average Bonchev–Trinajstić information content (AvgIpc) is 2.52. The normalized spacial score (nSPS) is 15.6. The van der Waals surface area contributed by atoms with Gasteiger partial charge in [-0.3, -0.25) is 9.59 Å². The van der Waals surface area contributed by atoms with E-state index in [-0.39, 0.29) is 17.7 Å². The maximum Gasteiger partial charge on any atom is 0.223 e. The lowest BCUT2D eigenvalue weighted by molar-refractivity contribution is -0.133. The van der Waals surface area contributed by atoms with Gasteiger partial charge >= 0.3 is 0 Å². The molecule has 0 unspecified atom stereocenters. The van der Waals surface area contributed by atoms with Gasteiger partial charge in [0.2, 0.25) is 11.8 Å².